The lowest BCUT2D eigenvalue weighted by Crippen LogP contribution is -2.32. The number of rotatable bonds is 0. The zero-order chi connectivity index (χ0) is 7.68. The lowest BCUT2D eigenvalue weighted by Gasteiger charge is -2.16. The first-order valence-corrected chi connectivity index (χ1v) is 3.25. The third kappa shape index (κ3) is 1.02. The Morgan fingerprint density at radius 3 is 3.45 bits per heavy atom. The molecule has 0 saturated carbocycles. The third-order valence-corrected chi connectivity index (χ3v) is 1.46. The Bertz CT molecular complexity index is 289. The summed E-state index contributed by atoms with van der Waals surface area (Å²) in [5, 5.41) is 2.57. The van der Waals surface area contributed by atoms with Crippen LogP contribution in [0, 0.1) is 0 Å². The van der Waals surface area contributed by atoms with Crippen molar-refractivity contribution in [2.24, 2.45) is 4.99 Å². The van der Waals surface area contributed by atoms with E-state index in [1.807, 2.05) is 6.08 Å². The molecule has 1 N–H and O–H groups in total. The van der Waals surface area contributed by atoms with Gasteiger partial charge in [0.2, 0.25) is 5.90 Å². The molecule has 0 spiro atoms. The Hall–Kier alpha value is -1.58. The van der Waals surface area contributed by atoms with Gasteiger partial charge in [0.25, 0.3) is 0 Å². The van der Waals surface area contributed by atoms with Crippen LogP contribution in [-0.4, -0.2) is 18.5 Å². The number of nitrogens with one attached hydrogen (secondary N) is 1. The van der Waals surface area contributed by atoms with E-state index in [1.165, 1.54) is 6.26 Å². The van der Waals surface area contributed by atoms with Gasteiger partial charge in [0, 0.05) is 12.1 Å². The highest BCUT2D eigenvalue weighted by atomic mass is 16.5. The van der Waals surface area contributed by atoms with Crippen LogP contribution in [0.5, 0.6) is 0 Å². The van der Waals surface area contributed by atoms with Crippen molar-refractivity contribution in [1.82, 2.24) is 5.32 Å². The molecular formula is C7H6N2O2. The summed E-state index contributed by atoms with van der Waals surface area (Å²) in [6, 6.07) is -0.340. The number of fused-ring (bicyclic) bond motifs is 1. The van der Waals surface area contributed by atoms with Gasteiger partial charge < -0.3 is 10.1 Å². The number of allylic oxidation sites excluding steroid dienone is 2. The van der Waals surface area contributed by atoms with Crippen LogP contribution in [0.2, 0.25) is 0 Å². The van der Waals surface area contributed by atoms with Crippen LogP contribution in [0.1, 0.15) is 0 Å². The molecule has 0 aliphatic carbocycles. The fourth-order valence-corrected chi connectivity index (χ4v) is 0.941. The van der Waals surface area contributed by atoms with Gasteiger partial charge in [-0.05, 0) is 12.2 Å². The van der Waals surface area contributed by atoms with Crippen molar-refractivity contribution in [3.63, 3.8) is 0 Å². The van der Waals surface area contributed by atoms with Crippen molar-refractivity contribution >= 4 is 11.9 Å². The van der Waals surface area contributed by atoms with Gasteiger partial charge in [-0.15, -0.1) is 0 Å². The van der Waals surface area contributed by atoms with E-state index < -0.39 is 0 Å². The maximum Gasteiger partial charge on any atom is 0.344 e. The van der Waals surface area contributed by atoms with E-state index in [2.05, 4.69) is 10.3 Å². The average Bonchev–Trinajstić information content (AvgIpc) is 2.04. The smallest absolute Gasteiger partial charge is 0.344 e. The number of urea groups is 1. The molecule has 0 saturated heterocycles. The van der Waals surface area contributed by atoms with Crippen LogP contribution in [0.3, 0.4) is 0 Å². The van der Waals surface area contributed by atoms with Crippen LogP contribution in [-0.2, 0) is 4.74 Å². The lowest BCUT2D eigenvalue weighted by atomic mass is 10.2. The minimum absolute atomic E-state index is 0.340. The van der Waals surface area contributed by atoms with E-state index in [1.54, 1.807) is 6.08 Å². The molecule has 11 heavy (non-hydrogen) atoms. The molecule has 0 aromatic rings. The molecule has 2 amide bonds. The molecular weight excluding hydrogens is 144 g/mol. The molecule has 0 aromatic carbocycles. The normalized spacial score (nSPS) is 20.9. The summed E-state index contributed by atoms with van der Waals surface area (Å²) in [7, 11) is 0. The Kier molecular flexibility index (Phi) is 1.25. The van der Waals surface area contributed by atoms with Crippen LogP contribution in [0.15, 0.2) is 29.0 Å². The summed E-state index contributed by atoms with van der Waals surface area (Å²) in [6.07, 6.45) is 5.13. The molecule has 4 nitrogen and oxygen atoms in total. The maximum atomic E-state index is 10.7. The maximum absolute atomic E-state index is 10.7. The molecule has 56 valence electrons. The summed E-state index contributed by atoms with van der Waals surface area (Å²) in [4.78, 5) is 14.3. The first-order chi connectivity index (χ1) is 5.36. The molecule has 2 heterocycles. The van der Waals surface area contributed by atoms with E-state index in [0.29, 0.717) is 12.4 Å². The molecule has 4 heteroatoms. The first kappa shape index (κ1) is 6.15. The summed E-state index contributed by atoms with van der Waals surface area (Å²) in [6.45, 7) is 0.502. The number of carbonyl (C=O) groups is 1. The highest BCUT2D eigenvalue weighted by Gasteiger charge is 2.17. The molecule has 0 aromatic heterocycles. The van der Waals surface area contributed by atoms with Gasteiger partial charge in [-0.3, -0.25) is 0 Å². The van der Waals surface area contributed by atoms with Crippen LogP contribution in [0.4, 0.5) is 4.79 Å². The Morgan fingerprint density at radius 2 is 2.55 bits per heavy atom. The number of ether oxygens (including phenoxy) is 1. The minimum Gasteiger partial charge on any atom is -0.446 e. The SMILES string of the molecule is O=C1N=C2OC=CC=C2CN1. The number of hydrogen-bond donors (Lipinski definition) is 1. The molecule has 2 rings (SSSR count). The highest BCUT2D eigenvalue weighted by Crippen LogP contribution is 2.09. The van der Waals surface area contributed by atoms with Crippen molar-refractivity contribution in [1.29, 1.82) is 0 Å². The monoisotopic (exact) mass is 150 g/mol. The predicted octanol–water partition coefficient (Wildman–Crippen LogP) is 0.578. The van der Waals surface area contributed by atoms with E-state index in [0.717, 1.165) is 5.57 Å². The topological polar surface area (TPSA) is 50.7 Å². The number of aliphatic imine (C=N–C) groups is 1. The van der Waals surface area contributed by atoms with Crippen LogP contribution in [0.25, 0.3) is 0 Å². The molecule has 0 radical (unpaired) electrons. The summed E-state index contributed by atoms with van der Waals surface area (Å²) in [5.74, 6) is 0.413. The molecule has 2 aliphatic rings. The Morgan fingerprint density at radius 1 is 1.64 bits per heavy atom. The van der Waals surface area contributed by atoms with Gasteiger partial charge in [-0.1, -0.05) is 0 Å². The van der Waals surface area contributed by atoms with Crippen molar-refractivity contribution in [3.8, 4) is 0 Å². The summed E-state index contributed by atoms with van der Waals surface area (Å²) in [5.41, 5.74) is 0.909. The second-order valence-electron chi connectivity index (χ2n) is 2.21. The van der Waals surface area contributed by atoms with E-state index >= 15 is 0 Å². The zero-order valence-corrected chi connectivity index (χ0v) is 5.70. The Balaban J connectivity index is 2.37. The molecule has 0 fully saturated rings. The zero-order valence-electron chi connectivity index (χ0n) is 5.70. The van der Waals surface area contributed by atoms with Gasteiger partial charge in [0.05, 0.1) is 6.26 Å². The second kappa shape index (κ2) is 2.23. The first-order valence-electron chi connectivity index (χ1n) is 3.25. The van der Waals surface area contributed by atoms with Crippen molar-refractivity contribution in [3.05, 3.63) is 24.0 Å². The number of hydrogen-bond acceptors (Lipinski definition) is 2. The quantitative estimate of drug-likeness (QED) is 0.549. The van der Waals surface area contributed by atoms with Crippen LogP contribution < -0.4 is 5.32 Å². The van der Waals surface area contributed by atoms with Gasteiger partial charge in [0.1, 0.15) is 0 Å². The molecule has 0 unspecified atom stereocenters. The number of nitrogens with zero attached hydrogens (tertiary/aromatic N) is 1. The van der Waals surface area contributed by atoms with Crippen LogP contribution >= 0.6 is 0 Å². The van der Waals surface area contributed by atoms with Gasteiger partial charge >= 0.3 is 6.03 Å². The summed E-state index contributed by atoms with van der Waals surface area (Å²) < 4.78 is 4.99. The lowest BCUT2D eigenvalue weighted by molar-refractivity contribution is 0.248. The van der Waals surface area contributed by atoms with Gasteiger partial charge in [0.15, 0.2) is 0 Å². The van der Waals surface area contributed by atoms with Crippen molar-refractivity contribution < 1.29 is 9.53 Å². The molecule has 2 aliphatic heterocycles. The minimum atomic E-state index is -0.340. The number of amides is 2. The summed E-state index contributed by atoms with van der Waals surface area (Å²) >= 11 is 0. The third-order valence-electron chi connectivity index (χ3n) is 1.46. The van der Waals surface area contributed by atoms with Crippen molar-refractivity contribution in [2.75, 3.05) is 6.54 Å². The Labute approximate surface area is 63.3 Å². The van der Waals surface area contributed by atoms with E-state index in [-0.39, 0.29) is 6.03 Å². The largest absolute Gasteiger partial charge is 0.446 e. The highest BCUT2D eigenvalue weighted by molar-refractivity contribution is 6.04. The van der Waals surface area contributed by atoms with E-state index in [9.17, 15) is 4.79 Å². The van der Waals surface area contributed by atoms with E-state index in [4.69, 9.17) is 4.74 Å². The molecule has 0 atom stereocenters. The van der Waals surface area contributed by atoms with Gasteiger partial charge in [-0.2, -0.15) is 4.99 Å². The standard InChI is InChI=1S/C7H6N2O2/c10-7-8-4-5-2-1-3-11-6(5)9-7/h1-3H,4H2,(H,8,10). The van der Waals surface area contributed by atoms with Crippen molar-refractivity contribution in [2.45, 2.75) is 0 Å². The average molecular weight is 150 g/mol. The van der Waals surface area contributed by atoms with Gasteiger partial charge in [-0.25, -0.2) is 4.79 Å². The fourth-order valence-electron chi connectivity index (χ4n) is 0.941. The fraction of sp³-hybridized carbons (Fsp3) is 0.143. The number of carbonyl (C=O) groups excluding carboxylic acids is 1. The predicted molar refractivity (Wildman–Crippen MR) is 39.1 cm³/mol. The molecule has 0 bridgehead atoms. The second-order valence-corrected chi connectivity index (χ2v) is 2.21.